The average molecular weight is 179 g/mol. The molecule has 1 aromatic heterocycles. The molecule has 0 saturated heterocycles. The van der Waals surface area contributed by atoms with Gasteiger partial charge in [0.1, 0.15) is 0 Å². The predicted molar refractivity (Wildman–Crippen MR) is 49.4 cm³/mol. The van der Waals surface area contributed by atoms with Crippen LogP contribution in [0.4, 0.5) is 5.95 Å². The van der Waals surface area contributed by atoms with Crippen LogP contribution < -0.4 is 10.5 Å². The zero-order valence-electron chi connectivity index (χ0n) is 7.66. The quantitative estimate of drug-likeness (QED) is 0.756. The van der Waals surface area contributed by atoms with Crippen LogP contribution in [-0.4, -0.2) is 16.6 Å². The van der Waals surface area contributed by atoms with Crippen LogP contribution >= 0.6 is 0 Å². The Morgan fingerprint density at radius 2 is 2.31 bits per heavy atom. The number of rotatable bonds is 3. The average Bonchev–Trinajstić information content (AvgIpc) is 2.81. The molecule has 1 heterocycles. The first-order valence-corrected chi connectivity index (χ1v) is 4.48. The van der Waals surface area contributed by atoms with Gasteiger partial charge in [-0.25, -0.2) is 4.98 Å². The lowest BCUT2D eigenvalue weighted by Gasteiger charge is -2.04. The molecule has 1 aliphatic carbocycles. The number of nitrogens with zero attached hydrogens (tertiary/aromatic N) is 2. The van der Waals surface area contributed by atoms with Crippen molar-refractivity contribution in [2.45, 2.75) is 19.8 Å². The van der Waals surface area contributed by atoms with E-state index in [9.17, 15) is 0 Å². The molecule has 0 spiro atoms. The molecule has 0 radical (unpaired) electrons. The zero-order chi connectivity index (χ0) is 9.26. The van der Waals surface area contributed by atoms with Crippen LogP contribution in [0.1, 0.15) is 18.5 Å². The maximum Gasteiger partial charge on any atom is 0.223 e. The molecule has 4 heteroatoms. The van der Waals surface area contributed by atoms with E-state index in [1.54, 1.807) is 6.07 Å². The van der Waals surface area contributed by atoms with Crippen LogP contribution in [0.3, 0.4) is 0 Å². The fourth-order valence-electron chi connectivity index (χ4n) is 1.12. The van der Waals surface area contributed by atoms with Crippen LogP contribution in [0.5, 0.6) is 5.88 Å². The first-order chi connectivity index (χ1) is 6.24. The number of nitrogen functional groups attached to an aromatic ring is 1. The monoisotopic (exact) mass is 179 g/mol. The number of aryl methyl sites for hydroxylation is 1. The van der Waals surface area contributed by atoms with Crippen molar-refractivity contribution < 1.29 is 4.74 Å². The summed E-state index contributed by atoms with van der Waals surface area (Å²) in [4.78, 5) is 7.94. The molecular weight excluding hydrogens is 166 g/mol. The first-order valence-electron chi connectivity index (χ1n) is 4.48. The predicted octanol–water partition coefficient (Wildman–Crippen LogP) is 1.16. The van der Waals surface area contributed by atoms with Crippen molar-refractivity contribution >= 4 is 5.95 Å². The molecule has 70 valence electrons. The fraction of sp³-hybridized carbons (Fsp3) is 0.556. The molecule has 0 aliphatic heterocycles. The summed E-state index contributed by atoms with van der Waals surface area (Å²) in [5.41, 5.74) is 6.32. The third kappa shape index (κ3) is 2.31. The van der Waals surface area contributed by atoms with E-state index in [-0.39, 0.29) is 5.95 Å². The normalized spacial score (nSPS) is 15.8. The van der Waals surface area contributed by atoms with E-state index in [2.05, 4.69) is 9.97 Å². The van der Waals surface area contributed by atoms with E-state index in [1.165, 1.54) is 12.8 Å². The topological polar surface area (TPSA) is 61.0 Å². The van der Waals surface area contributed by atoms with Crippen LogP contribution in [-0.2, 0) is 0 Å². The summed E-state index contributed by atoms with van der Waals surface area (Å²) >= 11 is 0. The van der Waals surface area contributed by atoms with Crippen molar-refractivity contribution in [2.75, 3.05) is 12.3 Å². The summed E-state index contributed by atoms with van der Waals surface area (Å²) in [5.74, 6) is 1.61. The molecule has 13 heavy (non-hydrogen) atoms. The molecule has 0 bridgehead atoms. The summed E-state index contributed by atoms with van der Waals surface area (Å²) in [6.07, 6.45) is 2.55. The third-order valence-corrected chi connectivity index (χ3v) is 2.01. The third-order valence-electron chi connectivity index (χ3n) is 2.01. The van der Waals surface area contributed by atoms with Gasteiger partial charge in [-0.2, -0.15) is 4.98 Å². The number of hydrogen-bond donors (Lipinski definition) is 1. The van der Waals surface area contributed by atoms with Gasteiger partial charge >= 0.3 is 0 Å². The van der Waals surface area contributed by atoms with Gasteiger partial charge in [0, 0.05) is 11.8 Å². The lowest BCUT2D eigenvalue weighted by molar-refractivity contribution is 0.288. The van der Waals surface area contributed by atoms with Gasteiger partial charge in [-0.3, -0.25) is 0 Å². The van der Waals surface area contributed by atoms with Crippen LogP contribution in [0.25, 0.3) is 0 Å². The van der Waals surface area contributed by atoms with Crippen molar-refractivity contribution in [3.05, 3.63) is 11.8 Å². The number of aromatic nitrogens is 2. The van der Waals surface area contributed by atoms with E-state index < -0.39 is 0 Å². The standard InChI is InChI=1S/C9H13N3O/c1-6-4-8(12-9(10)11-6)13-5-7-2-3-7/h4,7H,2-3,5H2,1H3,(H2,10,11,12). The zero-order valence-corrected chi connectivity index (χ0v) is 7.66. The summed E-state index contributed by atoms with van der Waals surface area (Å²) < 4.78 is 5.46. The number of nitrogens with two attached hydrogens (primary N) is 1. The molecule has 1 fully saturated rings. The molecule has 0 amide bonds. The van der Waals surface area contributed by atoms with E-state index in [0.29, 0.717) is 5.88 Å². The van der Waals surface area contributed by atoms with Gasteiger partial charge < -0.3 is 10.5 Å². The lowest BCUT2D eigenvalue weighted by Crippen LogP contribution is -2.04. The van der Waals surface area contributed by atoms with Gasteiger partial charge in [0.25, 0.3) is 0 Å². The Labute approximate surface area is 77.1 Å². The highest BCUT2D eigenvalue weighted by atomic mass is 16.5. The molecule has 1 aliphatic rings. The first kappa shape index (κ1) is 8.29. The second-order valence-electron chi connectivity index (χ2n) is 3.46. The van der Waals surface area contributed by atoms with Gasteiger partial charge in [0.2, 0.25) is 11.8 Å². The Bertz CT molecular complexity index is 289. The molecule has 1 saturated carbocycles. The molecule has 0 aromatic carbocycles. The Balaban J connectivity index is 2.01. The smallest absolute Gasteiger partial charge is 0.223 e. The largest absolute Gasteiger partial charge is 0.477 e. The highest BCUT2D eigenvalue weighted by Crippen LogP contribution is 2.29. The van der Waals surface area contributed by atoms with Crippen LogP contribution in [0.2, 0.25) is 0 Å². The van der Waals surface area contributed by atoms with Crippen molar-refractivity contribution in [2.24, 2.45) is 5.92 Å². The highest BCUT2D eigenvalue weighted by molar-refractivity contribution is 5.25. The van der Waals surface area contributed by atoms with E-state index in [0.717, 1.165) is 18.2 Å². The molecule has 2 rings (SSSR count). The van der Waals surface area contributed by atoms with E-state index in [4.69, 9.17) is 10.5 Å². The molecule has 0 unspecified atom stereocenters. The number of hydrogen-bond acceptors (Lipinski definition) is 4. The van der Waals surface area contributed by atoms with Gasteiger partial charge in [-0.1, -0.05) is 0 Å². The SMILES string of the molecule is Cc1cc(OCC2CC2)nc(N)n1. The molecule has 0 atom stereocenters. The number of ether oxygens (including phenoxy) is 1. The van der Waals surface area contributed by atoms with Crippen molar-refractivity contribution in [1.82, 2.24) is 9.97 Å². The summed E-state index contributed by atoms with van der Waals surface area (Å²) in [6.45, 7) is 2.64. The van der Waals surface area contributed by atoms with E-state index in [1.807, 2.05) is 6.92 Å². The van der Waals surface area contributed by atoms with Gasteiger partial charge in [-0.05, 0) is 25.7 Å². The second-order valence-corrected chi connectivity index (χ2v) is 3.46. The van der Waals surface area contributed by atoms with Crippen molar-refractivity contribution in [3.8, 4) is 5.88 Å². The highest BCUT2D eigenvalue weighted by Gasteiger charge is 2.22. The summed E-state index contributed by atoms with van der Waals surface area (Å²) in [6, 6.07) is 1.80. The minimum absolute atomic E-state index is 0.283. The number of anilines is 1. The lowest BCUT2D eigenvalue weighted by atomic mass is 10.4. The molecular formula is C9H13N3O. The molecule has 1 aromatic rings. The van der Waals surface area contributed by atoms with Gasteiger partial charge in [-0.15, -0.1) is 0 Å². The summed E-state index contributed by atoms with van der Waals surface area (Å²) in [5, 5.41) is 0. The Morgan fingerprint density at radius 1 is 1.54 bits per heavy atom. The van der Waals surface area contributed by atoms with Crippen molar-refractivity contribution in [1.29, 1.82) is 0 Å². The maximum absolute atomic E-state index is 5.48. The minimum atomic E-state index is 0.283. The minimum Gasteiger partial charge on any atom is -0.477 e. The molecule has 2 N–H and O–H groups in total. The van der Waals surface area contributed by atoms with Crippen molar-refractivity contribution in [3.63, 3.8) is 0 Å². The Hall–Kier alpha value is -1.32. The Kier molecular flexibility index (Phi) is 2.04. The van der Waals surface area contributed by atoms with Gasteiger partial charge in [0.15, 0.2) is 0 Å². The second kappa shape index (κ2) is 3.20. The van der Waals surface area contributed by atoms with Gasteiger partial charge in [0.05, 0.1) is 6.61 Å². The summed E-state index contributed by atoms with van der Waals surface area (Å²) in [7, 11) is 0. The Morgan fingerprint density at radius 3 is 2.92 bits per heavy atom. The molecule has 4 nitrogen and oxygen atoms in total. The van der Waals surface area contributed by atoms with E-state index >= 15 is 0 Å². The van der Waals surface area contributed by atoms with Crippen LogP contribution in [0, 0.1) is 12.8 Å². The fourth-order valence-corrected chi connectivity index (χ4v) is 1.12. The maximum atomic E-state index is 5.48. The van der Waals surface area contributed by atoms with Crippen LogP contribution in [0.15, 0.2) is 6.07 Å².